The van der Waals surface area contributed by atoms with Gasteiger partial charge >= 0.3 is 0 Å². The number of nitrogens with zero attached hydrogens (tertiary/aromatic N) is 2. The van der Waals surface area contributed by atoms with Gasteiger partial charge in [0.05, 0.1) is 4.90 Å². The molecule has 2 aromatic carbocycles. The van der Waals surface area contributed by atoms with Gasteiger partial charge in [-0.05, 0) is 60.6 Å². The summed E-state index contributed by atoms with van der Waals surface area (Å²) < 4.78 is 26.0. The smallest absolute Gasteiger partial charge is 0.253 e. The van der Waals surface area contributed by atoms with Crippen LogP contribution in [0, 0.1) is 18.8 Å². The molecule has 6 nitrogen and oxygen atoms in total. The van der Waals surface area contributed by atoms with Crippen LogP contribution in [-0.4, -0.2) is 50.7 Å². The van der Waals surface area contributed by atoms with Crippen molar-refractivity contribution in [3.8, 4) is 0 Å². The molecule has 31 heavy (non-hydrogen) atoms. The van der Waals surface area contributed by atoms with Crippen molar-refractivity contribution in [2.75, 3.05) is 32.5 Å². The molecule has 2 atom stereocenters. The predicted molar refractivity (Wildman–Crippen MR) is 125 cm³/mol. The lowest BCUT2D eigenvalue weighted by Crippen LogP contribution is -2.42. The number of piperidine rings is 1. The zero-order chi connectivity index (χ0) is 22.8. The van der Waals surface area contributed by atoms with E-state index in [2.05, 4.69) is 19.2 Å². The number of rotatable bonds is 6. The van der Waals surface area contributed by atoms with E-state index in [1.807, 2.05) is 36.1 Å². The molecule has 0 spiro atoms. The summed E-state index contributed by atoms with van der Waals surface area (Å²) in [6.45, 7) is 8.45. The molecule has 2 unspecified atom stereocenters. The molecule has 0 saturated carbocycles. The maximum Gasteiger partial charge on any atom is 0.253 e. The first-order chi connectivity index (χ1) is 14.6. The van der Waals surface area contributed by atoms with Crippen LogP contribution in [0.4, 0.5) is 5.69 Å². The molecule has 1 heterocycles. The van der Waals surface area contributed by atoms with Gasteiger partial charge < -0.3 is 10.2 Å². The molecule has 1 aliphatic heterocycles. The second-order valence-corrected chi connectivity index (χ2v) is 11.1. The van der Waals surface area contributed by atoms with Gasteiger partial charge in [-0.3, -0.25) is 4.79 Å². The van der Waals surface area contributed by atoms with E-state index in [1.54, 1.807) is 18.2 Å². The van der Waals surface area contributed by atoms with Crippen LogP contribution in [0.15, 0.2) is 47.4 Å². The molecule has 168 valence electrons. The van der Waals surface area contributed by atoms with Crippen molar-refractivity contribution in [1.29, 1.82) is 0 Å². The average Bonchev–Trinajstić information content (AvgIpc) is 2.72. The number of sulfonamides is 1. The Bertz CT molecular complexity index is 1040. The van der Waals surface area contributed by atoms with Crippen LogP contribution in [0.25, 0.3) is 0 Å². The molecule has 0 bridgehead atoms. The highest BCUT2D eigenvalue weighted by atomic mass is 32.2. The van der Waals surface area contributed by atoms with E-state index < -0.39 is 10.0 Å². The second kappa shape index (κ2) is 9.40. The molecular weight excluding hydrogens is 410 g/mol. The van der Waals surface area contributed by atoms with Gasteiger partial charge in [0, 0.05) is 45.0 Å². The number of carbonyl (C=O) groups is 1. The molecular formula is C24H33N3O3S. The van der Waals surface area contributed by atoms with Gasteiger partial charge in [0.25, 0.3) is 5.91 Å². The Morgan fingerprint density at radius 1 is 1.10 bits per heavy atom. The molecule has 1 amide bonds. The van der Waals surface area contributed by atoms with E-state index >= 15 is 0 Å². The highest BCUT2D eigenvalue weighted by Crippen LogP contribution is 2.25. The van der Waals surface area contributed by atoms with Crippen molar-refractivity contribution >= 4 is 21.6 Å². The number of amides is 1. The highest BCUT2D eigenvalue weighted by Gasteiger charge is 2.26. The Labute approximate surface area is 186 Å². The normalized spacial score (nSPS) is 19.5. The molecule has 1 aliphatic rings. The second-order valence-electron chi connectivity index (χ2n) is 8.97. The van der Waals surface area contributed by atoms with Gasteiger partial charge in [0.1, 0.15) is 0 Å². The van der Waals surface area contributed by atoms with Gasteiger partial charge in [-0.2, -0.15) is 0 Å². The Kier molecular flexibility index (Phi) is 7.06. The third-order valence-corrected chi connectivity index (χ3v) is 7.61. The van der Waals surface area contributed by atoms with Crippen LogP contribution in [-0.2, 0) is 16.6 Å². The van der Waals surface area contributed by atoms with Crippen LogP contribution < -0.4 is 5.32 Å². The third kappa shape index (κ3) is 5.46. The minimum Gasteiger partial charge on any atom is -0.381 e. The zero-order valence-electron chi connectivity index (χ0n) is 19.1. The molecule has 3 rings (SSSR count). The zero-order valence-corrected chi connectivity index (χ0v) is 19.9. The molecule has 0 aliphatic carbocycles. The minimum atomic E-state index is -3.47. The molecule has 1 N–H and O–H groups in total. The summed E-state index contributed by atoms with van der Waals surface area (Å²) in [5.74, 6) is 1.10. The van der Waals surface area contributed by atoms with Crippen LogP contribution in [0.3, 0.4) is 0 Å². The van der Waals surface area contributed by atoms with Gasteiger partial charge in [-0.15, -0.1) is 0 Å². The molecule has 0 aromatic heterocycles. The maximum absolute atomic E-state index is 13.1. The summed E-state index contributed by atoms with van der Waals surface area (Å²) in [5.41, 5.74) is 3.45. The summed E-state index contributed by atoms with van der Waals surface area (Å²) in [5, 5.41) is 3.37. The number of hydrogen-bond acceptors (Lipinski definition) is 4. The standard InChI is InChI=1S/C24H33N3O3S/c1-17-11-18(2)16-27(15-17)24(28)21-10-9-19(3)23(13-21)25-14-20-7-6-8-22(12-20)31(29,30)26(4)5/h6-10,12-13,17-18,25H,11,14-16H2,1-5H3. The lowest BCUT2D eigenvalue weighted by Gasteiger charge is -2.35. The first-order valence-electron chi connectivity index (χ1n) is 10.7. The van der Waals surface area contributed by atoms with E-state index in [0.29, 0.717) is 23.9 Å². The summed E-state index contributed by atoms with van der Waals surface area (Å²) in [4.78, 5) is 15.3. The summed E-state index contributed by atoms with van der Waals surface area (Å²) in [6, 6.07) is 12.7. The van der Waals surface area contributed by atoms with Crippen LogP contribution in [0.5, 0.6) is 0 Å². The number of carbonyl (C=O) groups excluding carboxylic acids is 1. The monoisotopic (exact) mass is 443 g/mol. The van der Waals surface area contributed by atoms with Crippen molar-refractivity contribution in [3.63, 3.8) is 0 Å². The van der Waals surface area contributed by atoms with Crippen LogP contribution >= 0.6 is 0 Å². The Morgan fingerprint density at radius 3 is 2.42 bits per heavy atom. The predicted octanol–water partition coefficient (Wildman–Crippen LogP) is 3.98. The fourth-order valence-electron chi connectivity index (χ4n) is 4.18. The van der Waals surface area contributed by atoms with E-state index in [0.717, 1.165) is 36.3 Å². The topological polar surface area (TPSA) is 69.7 Å². The fourth-order valence-corrected chi connectivity index (χ4v) is 5.15. The Hall–Kier alpha value is -2.38. The fraction of sp³-hybridized carbons (Fsp3) is 0.458. The largest absolute Gasteiger partial charge is 0.381 e. The Balaban J connectivity index is 1.75. The van der Waals surface area contributed by atoms with Gasteiger partial charge in [-0.1, -0.05) is 32.0 Å². The summed E-state index contributed by atoms with van der Waals surface area (Å²) >= 11 is 0. The number of benzene rings is 2. The number of likely N-dealkylation sites (tertiary alicyclic amines) is 1. The molecule has 2 aromatic rings. The molecule has 1 saturated heterocycles. The van der Waals surface area contributed by atoms with Crippen molar-refractivity contribution in [2.24, 2.45) is 11.8 Å². The quantitative estimate of drug-likeness (QED) is 0.733. The highest BCUT2D eigenvalue weighted by molar-refractivity contribution is 7.89. The molecule has 1 fully saturated rings. The summed E-state index contributed by atoms with van der Waals surface area (Å²) in [6.07, 6.45) is 1.16. The van der Waals surface area contributed by atoms with Crippen molar-refractivity contribution in [2.45, 2.75) is 38.6 Å². The van der Waals surface area contributed by atoms with E-state index in [-0.39, 0.29) is 10.8 Å². The van der Waals surface area contributed by atoms with Crippen molar-refractivity contribution in [3.05, 3.63) is 59.2 Å². The van der Waals surface area contributed by atoms with E-state index in [4.69, 9.17) is 0 Å². The summed E-state index contributed by atoms with van der Waals surface area (Å²) in [7, 11) is -0.427. The Morgan fingerprint density at radius 2 is 1.77 bits per heavy atom. The van der Waals surface area contributed by atoms with Gasteiger partial charge in [0.2, 0.25) is 10.0 Å². The van der Waals surface area contributed by atoms with Crippen LogP contribution in [0.1, 0.15) is 41.8 Å². The van der Waals surface area contributed by atoms with Gasteiger partial charge in [0.15, 0.2) is 0 Å². The SMILES string of the molecule is Cc1ccc(C(=O)N2CC(C)CC(C)C2)cc1NCc1cccc(S(=O)(=O)N(C)C)c1. The average molecular weight is 444 g/mol. The lowest BCUT2D eigenvalue weighted by molar-refractivity contribution is 0.0623. The maximum atomic E-state index is 13.1. The van der Waals surface area contributed by atoms with Crippen molar-refractivity contribution < 1.29 is 13.2 Å². The number of anilines is 1. The van der Waals surface area contributed by atoms with E-state index in [9.17, 15) is 13.2 Å². The number of hydrogen-bond donors (Lipinski definition) is 1. The van der Waals surface area contributed by atoms with Crippen LogP contribution in [0.2, 0.25) is 0 Å². The van der Waals surface area contributed by atoms with Crippen molar-refractivity contribution in [1.82, 2.24) is 9.21 Å². The molecule has 0 radical (unpaired) electrons. The minimum absolute atomic E-state index is 0.0699. The number of aryl methyl sites for hydroxylation is 1. The first-order valence-corrected chi connectivity index (χ1v) is 12.2. The lowest BCUT2D eigenvalue weighted by atomic mass is 9.91. The number of nitrogens with one attached hydrogen (secondary N) is 1. The molecule has 7 heteroatoms. The third-order valence-electron chi connectivity index (χ3n) is 5.80. The first kappa shape index (κ1) is 23.3. The van der Waals surface area contributed by atoms with E-state index in [1.165, 1.54) is 18.4 Å². The van der Waals surface area contributed by atoms with Gasteiger partial charge in [-0.25, -0.2) is 12.7 Å².